The second-order valence-corrected chi connectivity index (χ2v) is 6.15. The van der Waals surface area contributed by atoms with E-state index in [-0.39, 0.29) is 0 Å². The first kappa shape index (κ1) is 24.0. The molecular formula is C20H34O6. The highest BCUT2D eigenvalue weighted by molar-refractivity contribution is 5.56. The summed E-state index contributed by atoms with van der Waals surface area (Å²) in [6.45, 7) is 0.604. The molecule has 0 atom stereocenters. The molecule has 0 saturated heterocycles. The fourth-order valence-corrected chi connectivity index (χ4v) is 2.42. The number of carboxylic acid groups (broad SMARTS) is 2. The van der Waals surface area contributed by atoms with Gasteiger partial charge in [-0.3, -0.25) is 0 Å². The minimum Gasteiger partial charge on any atom is -0.450 e. The van der Waals surface area contributed by atoms with Gasteiger partial charge in [0.2, 0.25) is 0 Å². The lowest BCUT2D eigenvalue weighted by molar-refractivity contribution is 0.0887. The number of hydrogen-bond donors (Lipinski definition) is 2. The van der Waals surface area contributed by atoms with Crippen LogP contribution in [0.25, 0.3) is 0 Å². The summed E-state index contributed by atoms with van der Waals surface area (Å²) in [4.78, 5) is 20.3. The first-order valence-electron chi connectivity index (χ1n) is 9.64. The predicted octanol–water partition coefficient (Wildman–Crippen LogP) is 6.17. The van der Waals surface area contributed by atoms with Crippen LogP contribution in [0, 0.1) is 0 Å². The van der Waals surface area contributed by atoms with Crippen LogP contribution in [0.3, 0.4) is 0 Å². The second kappa shape index (κ2) is 19.3. The molecule has 0 aromatic carbocycles. The van der Waals surface area contributed by atoms with E-state index in [4.69, 9.17) is 10.2 Å². The number of rotatable bonds is 17. The summed E-state index contributed by atoms with van der Waals surface area (Å²) < 4.78 is 8.90. The summed E-state index contributed by atoms with van der Waals surface area (Å²) in [5.41, 5.74) is 0. The van der Waals surface area contributed by atoms with E-state index < -0.39 is 12.3 Å². The summed E-state index contributed by atoms with van der Waals surface area (Å²) in [6, 6.07) is 0. The largest absolute Gasteiger partial charge is 0.505 e. The number of hydrogen-bond acceptors (Lipinski definition) is 4. The highest BCUT2D eigenvalue weighted by Crippen LogP contribution is 2.06. The average molecular weight is 370 g/mol. The number of unbranched alkanes of at least 4 members (excludes halogenated alkanes) is 9. The van der Waals surface area contributed by atoms with Crippen molar-refractivity contribution in [3.8, 4) is 0 Å². The SMILES string of the molecule is O=C(O)OCCCCCCC=CCCC=CCCCCCCOC(=O)O. The van der Waals surface area contributed by atoms with Gasteiger partial charge in [0.05, 0.1) is 13.2 Å². The Balaban J connectivity index is 3.21. The molecule has 0 aromatic heterocycles. The quantitative estimate of drug-likeness (QED) is 0.181. The molecule has 0 fully saturated rings. The Morgan fingerprint density at radius 1 is 0.538 bits per heavy atom. The maximum atomic E-state index is 10.1. The molecular weight excluding hydrogens is 336 g/mol. The maximum Gasteiger partial charge on any atom is 0.505 e. The monoisotopic (exact) mass is 370 g/mol. The number of carbonyl (C=O) groups is 2. The molecule has 26 heavy (non-hydrogen) atoms. The van der Waals surface area contributed by atoms with Crippen molar-refractivity contribution in [3.63, 3.8) is 0 Å². The van der Waals surface area contributed by atoms with Gasteiger partial charge in [0.25, 0.3) is 0 Å². The minimum absolute atomic E-state index is 0.302. The topological polar surface area (TPSA) is 93.1 Å². The van der Waals surface area contributed by atoms with E-state index in [1.807, 2.05) is 0 Å². The summed E-state index contributed by atoms with van der Waals surface area (Å²) in [6.07, 6.45) is 18.9. The molecule has 0 aliphatic rings. The van der Waals surface area contributed by atoms with Crippen molar-refractivity contribution < 1.29 is 29.3 Å². The van der Waals surface area contributed by atoms with E-state index in [1.165, 1.54) is 0 Å². The molecule has 150 valence electrons. The van der Waals surface area contributed by atoms with Gasteiger partial charge >= 0.3 is 12.3 Å². The second-order valence-electron chi connectivity index (χ2n) is 6.15. The number of ether oxygens (including phenoxy) is 2. The normalized spacial score (nSPS) is 11.2. The van der Waals surface area contributed by atoms with E-state index >= 15 is 0 Å². The van der Waals surface area contributed by atoms with Crippen LogP contribution >= 0.6 is 0 Å². The molecule has 0 amide bonds. The summed E-state index contributed by atoms with van der Waals surface area (Å²) in [7, 11) is 0. The van der Waals surface area contributed by atoms with Crippen molar-refractivity contribution in [2.45, 2.75) is 77.0 Å². The maximum absolute atomic E-state index is 10.1. The molecule has 0 unspecified atom stereocenters. The van der Waals surface area contributed by atoms with E-state index in [2.05, 4.69) is 33.8 Å². The van der Waals surface area contributed by atoms with Gasteiger partial charge in [-0.05, 0) is 51.4 Å². The molecule has 0 radical (unpaired) electrons. The lowest BCUT2D eigenvalue weighted by atomic mass is 10.1. The smallest absolute Gasteiger partial charge is 0.450 e. The zero-order valence-electron chi connectivity index (χ0n) is 15.7. The first-order chi connectivity index (χ1) is 12.6. The Bertz CT molecular complexity index is 365. The lowest BCUT2D eigenvalue weighted by Crippen LogP contribution is -2.01. The molecule has 0 bridgehead atoms. The third-order valence-electron chi connectivity index (χ3n) is 3.81. The average Bonchev–Trinajstić information content (AvgIpc) is 2.59. The molecule has 6 nitrogen and oxygen atoms in total. The standard InChI is InChI=1S/C20H34O6/c21-19(22)25-17-15-13-11-9-7-5-3-1-2-4-6-8-10-12-14-16-18-26-20(23)24/h3-6H,1-2,7-18H2,(H,21,22)(H,23,24). The molecule has 2 N–H and O–H groups in total. The van der Waals surface area contributed by atoms with Crippen molar-refractivity contribution in [2.24, 2.45) is 0 Å². The zero-order valence-corrected chi connectivity index (χ0v) is 15.7. The number of allylic oxidation sites excluding steroid dienone is 4. The van der Waals surface area contributed by atoms with Crippen molar-refractivity contribution >= 4 is 12.3 Å². The summed E-state index contributed by atoms with van der Waals surface area (Å²) in [5, 5.41) is 16.6. The van der Waals surface area contributed by atoms with Crippen LogP contribution in [0.1, 0.15) is 77.0 Å². The predicted molar refractivity (Wildman–Crippen MR) is 102 cm³/mol. The van der Waals surface area contributed by atoms with Crippen LogP contribution in [0.15, 0.2) is 24.3 Å². The van der Waals surface area contributed by atoms with Crippen LogP contribution in [-0.2, 0) is 9.47 Å². The fourth-order valence-electron chi connectivity index (χ4n) is 2.42. The Morgan fingerprint density at radius 3 is 1.27 bits per heavy atom. The lowest BCUT2D eigenvalue weighted by Gasteiger charge is -2.00. The van der Waals surface area contributed by atoms with E-state index in [1.54, 1.807) is 0 Å². The Labute approximate surface area is 156 Å². The van der Waals surface area contributed by atoms with Crippen molar-refractivity contribution in [1.82, 2.24) is 0 Å². The van der Waals surface area contributed by atoms with Crippen LogP contribution < -0.4 is 0 Å². The Hall–Kier alpha value is -1.98. The summed E-state index contributed by atoms with van der Waals surface area (Å²) in [5.74, 6) is 0. The van der Waals surface area contributed by atoms with Gasteiger partial charge in [-0.25, -0.2) is 9.59 Å². The van der Waals surface area contributed by atoms with Gasteiger partial charge in [0, 0.05) is 0 Å². The molecule has 0 aliphatic carbocycles. The van der Waals surface area contributed by atoms with E-state index in [0.29, 0.717) is 13.2 Å². The van der Waals surface area contributed by atoms with Crippen LogP contribution in [0.4, 0.5) is 9.59 Å². The summed E-state index contributed by atoms with van der Waals surface area (Å²) >= 11 is 0. The van der Waals surface area contributed by atoms with E-state index in [9.17, 15) is 9.59 Å². The third-order valence-corrected chi connectivity index (χ3v) is 3.81. The third kappa shape index (κ3) is 22.0. The molecule has 0 aromatic rings. The van der Waals surface area contributed by atoms with Crippen LogP contribution in [0.2, 0.25) is 0 Å². The molecule has 0 heterocycles. The Morgan fingerprint density at radius 2 is 0.885 bits per heavy atom. The van der Waals surface area contributed by atoms with Crippen LogP contribution in [0.5, 0.6) is 0 Å². The van der Waals surface area contributed by atoms with Gasteiger partial charge in [-0.15, -0.1) is 0 Å². The van der Waals surface area contributed by atoms with Gasteiger partial charge in [-0.2, -0.15) is 0 Å². The van der Waals surface area contributed by atoms with Gasteiger partial charge < -0.3 is 19.7 Å². The molecule has 0 spiro atoms. The van der Waals surface area contributed by atoms with Crippen molar-refractivity contribution in [1.29, 1.82) is 0 Å². The Kier molecular flexibility index (Phi) is 17.9. The molecule has 0 aliphatic heterocycles. The highest BCUT2D eigenvalue weighted by Gasteiger charge is 1.96. The van der Waals surface area contributed by atoms with Gasteiger partial charge in [-0.1, -0.05) is 50.0 Å². The first-order valence-corrected chi connectivity index (χ1v) is 9.64. The van der Waals surface area contributed by atoms with Crippen molar-refractivity contribution in [3.05, 3.63) is 24.3 Å². The molecule has 6 heteroatoms. The van der Waals surface area contributed by atoms with Gasteiger partial charge in [0.1, 0.15) is 0 Å². The molecule has 0 rings (SSSR count). The van der Waals surface area contributed by atoms with Crippen molar-refractivity contribution in [2.75, 3.05) is 13.2 Å². The van der Waals surface area contributed by atoms with Gasteiger partial charge in [0.15, 0.2) is 0 Å². The fraction of sp³-hybridized carbons (Fsp3) is 0.700. The molecule has 0 saturated carbocycles. The highest BCUT2D eigenvalue weighted by atomic mass is 16.7. The minimum atomic E-state index is -1.19. The zero-order chi connectivity index (χ0) is 19.3. The van der Waals surface area contributed by atoms with E-state index in [0.717, 1.165) is 77.0 Å². The van der Waals surface area contributed by atoms with Crippen LogP contribution in [-0.4, -0.2) is 35.7 Å².